The monoisotopic (exact) mass is 433 g/mol. The number of hydrogen-bond donors (Lipinski definition) is 1. The lowest BCUT2D eigenvalue weighted by molar-refractivity contribution is 0.0953. The van der Waals surface area contributed by atoms with E-state index in [2.05, 4.69) is 10.3 Å². The molecule has 31 heavy (non-hydrogen) atoms. The highest BCUT2D eigenvalue weighted by Crippen LogP contribution is 2.31. The number of benzene rings is 2. The zero-order valence-corrected chi connectivity index (χ0v) is 17.7. The minimum absolute atomic E-state index is 0.210. The number of carbonyl (C=O) groups excluding carboxylic acids is 1. The van der Waals surface area contributed by atoms with Gasteiger partial charge in [-0.3, -0.25) is 9.78 Å². The summed E-state index contributed by atoms with van der Waals surface area (Å²) in [6.45, 7) is 2.27. The second kappa shape index (κ2) is 9.14. The molecule has 4 nitrogen and oxygen atoms in total. The van der Waals surface area contributed by atoms with Gasteiger partial charge in [-0.05, 0) is 55.0 Å². The molecule has 4 aromatic rings. The van der Waals surface area contributed by atoms with E-state index >= 15 is 0 Å². The number of carbonyl (C=O) groups is 1. The first kappa shape index (κ1) is 20.8. The van der Waals surface area contributed by atoms with Crippen LogP contribution in [0.5, 0.6) is 0 Å². The zero-order chi connectivity index (χ0) is 21.8. The van der Waals surface area contributed by atoms with Gasteiger partial charge in [-0.1, -0.05) is 41.9 Å². The highest BCUT2D eigenvalue weighted by molar-refractivity contribution is 6.30. The molecule has 2 aromatic carbocycles. The molecule has 0 spiro atoms. The van der Waals surface area contributed by atoms with Gasteiger partial charge in [-0.15, -0.1) is 0 Å². The molecule has 0 aliphatic rings. The van der Waals surface area contributed by atoms with Gasteiger partial charge in [0.1, 0.15) is 5.82 Å². The van der Waals surface area contributed by atoms with Crippen molar-refractivity contribution in [1.82, 2.24) is 14.9 Å². The Morgan fingerprint density at radius 2 is 1.81 bits per heavy atom. The van der Waals surface area contributed by atoms with Gasteiger partial charge in [0.05, 0.1) is 16.9 Å². The van der Waals surface area contributed by atoms with Crippen molar-refractivity contribution < 1.29 is 9.18 Å². The largest absolute Gasteiger partial charge is 0.352 e. The number of para-hydroxylation sites is 1. The van der Waals surface area contributed by atoms with Gasteiger partial charge in [-0.2, -0.15) is 0 Å². The van der Waals surface area contributed by atoms with E-state index in [0.29, 0.717) is 40.6 Å². The van der Waals surface area contributed by atoms with Crippen LogP contribution in [-0.2, 0) is 6.42 Å². The predicted octanol–water partition coefficient (Wildman–Crippen LogP) is 5.61. The molecule has 0 atom stereocenters. The fourth-order valence-electron chi connectivity index (χ4n) is 3.56. The number of nitrogens with one attached hydrogen (secondary N) is 1. The van der Waals surface area contributed by atoms with Gasteiger partial charge in [0.25, 0.3) is 5.91 Å². The summed E-state index contributed by atoms with van der Waals surface area (Å²) >= 11 is 6.04. The van der Waals surface area contributed by atoms with E-state index in [9.17, 15) is 9.18 Å². The lowest BCUT2D eigenvalue weighted by atomic mass is 10.1. The first-order chi connectivity index (χ1) is 15.0. The van der Waals surface area contributed by atoms with Gasteiger partial charge in [0.15, 0.2) is 0 Å². The summed E-state index contributed by atoms with van der Waals surface area (Å²) in [7, 11) is 0. The van der Waals surface area contributed by atoms with Crippen LogP contribution in [0, 0.1) is 12.7 Å². The van der Waals surface area contributed by atoms with Gasteiger partial charge in [0.2, 0.25) is 0 Å². The Kier molecular flexibility index (Phi) is 6.14. The molecule has 0 fully saturated rings. The van der Waals surface area contributed by atoms with Crippen LogP contribution in [-0.4, -0.2) is 22.0 Å². The summed E-state index contributed by atoms with van der Waals surface area (Å²) in [5.41, 5.74) is 4.00. The van der Waals surface area contributed by atoms with Crippen molar-refractivity contribution in [3.63, 3.8) is 0 Å². The third-order valence-electron chi connectivity index (χ3n) is 5.12. The maximum absolute atomic E-state index is 14.7. The van der Waals surface area contributed by atoms with Crippen molar-refractivity contribution in [3.8, 4) is 16.9 Å². The van der Waals surface area contributed by atoms with Crippen molar-refractivity contribution in [2.75, 3.05) is 6.54 Å². The summed E-state index contributed by atoms with van der Waals surface area (Å²) in [5.74, 6) is -0.572. The number of nitrogens with zero attached hydrogens (tertiary/aromatic N) is 2. The average Bonchev–Trinajstić information content (AvgIpc) is 3.12. The van der Waals surface area contributed by atoms with E-state index in [0.717, 1.165) is 11.3 Å². The Hall–Kier alpha value is -3.44. The summed E-state index contributed by atoms with van der Waals surface area (Å²) in [5, 5.41) is 3.56. The van der Waals surface area contributed by atoms with Crippen molar-refractivity contribution in [1.29, 1.82) is 0 Å². The molecular weight excluding hydrogens is 413 g/mol. The smallest absolute Gasteiger partial charge is 0.253 e. The maximum atomic E-state index is 14.7. The van der Waals surface area contributed by atoms with E-state index in [1.807, 2.05) is 37.3 Å². The molecule has 0 bridgehead atoms. The molecule has 0 aliphatic heterocycles. The minimum atomic E-state index is -0.362. The molecule has 0 saturated carbocycles. The molecule has 1 N–H and O–H groups in total. The molecule has 1 amide bonds. The number of amides is 1. The van der Waals surface area contributed by atoms with Crippen LogP contribution in [0.1, 0.15) is 21.7 Å². The number of aromatic nitrogens is 2. The Bertz CT molecular complexity index is 1200. The van der Waals surface area contributed by atoms with Crippen molar-refractivity contribution >= 4 is 17.5 Å². The molecule has 0 aliphatic carbocycles. The molecule has 0 radical (unpaired) electrons. The standard InChI is InChI=1S/C25H21ClFN3O/c1-17-21(25(31)29-15-13-20-6-4-5-14-28-20)16-24(18-9-11-19(26)12-10-18)30(17)23-8-3-2-7-22(23)27/h2-12,14,16H,13,15H2,1H3,(H,29,31). The third-order valence-corrected chi connectivity index (χ3v) is 5.37. The highest BCUT2D eigenvalue weighted by Gasteiger charge is 2.21. The second-order valence-electron chi connectivity index (χ2n) is 7.15. The first-order valence-electron chi connectivity index (χ1n) is 9.96. The van der Waals surface area contributed by atoms with Gasteiger partial charge in [-0.25, -0.2) is 4.39 Å². The normalized spacial score (nSPS) is 10.8. The van der Waals surface area contributed by atoms with Crippen LogP contribution in [0.2, 0.25) is 5.02 Å². The van der Waals surface area contributed by atoms with E-state index < -0.39 is 0 Å². The van der Waals surface area contributed by atoms with Crippen molar-refractivity contribution in [2.24, 2.45) is 0 Å². The van der Waals surface area contributed by atoms with Crippen LogP contribution in [0.4, 0.5) is 4.39 Å². The Labute approximate surface area is 185 Å². The highest BCUT2D eigenvalue weighted by atomic mass is 35.5. The fourth-order valence-corrected chi connectivity index (χ4v) is 3.68. The van der Waals surface area contributed by atoms with Crippen LogP contribution < -0.4 is 5.32 Å². The predicted molar refractivity (Wildman–Crippen MR) is 121 cm³/mol. The van der Waals surface area contributed by atoms with Gasteiger partial charge < -0.3 is 9.88 Å². The minimum Gasteiger partial charge on any atom is -0.352 e. The maximum Gasteiger partial charge on any atom is 0.253 e. The lowest BCUT2D eigenvalue weighted by Crippen LogP contribution is -2.26. The summed E-state index contributed by atoms with van der Waals surface area (Å²) in [6.07, 6.45) is 2.36. The van der Waals surface area contributed by atoms with Crippen molar-refractivity contribution in [3.05, 3.63) is 107 Å². The average molecular weight is 434 g/mol. The quantitative estimate of drug-likeness (QED) is 0.429. The van der Waals surface area contributed by atoms with Crippen LogP contribution >= 0.6 is 11.6 Å². The molecule has 0 unspecified atom stereocenters. The number of pyridine rings is 1. The summed E-state index contributed by atoms with van der Waals surface area (Å²) < 4.78 is 16.4. The molecule has 6 heteroatoms. The topological polar surface area (TPSA) is 46.9 Å². The van der Waals surface area contributed by atoms with Crippen LogP contribution in [0.15, 0.2) is 79.0 Å². The number of halogens is 2. The Morgan fingerprint density at radius 3 is 2.52 bits per heavy atom. The summed E-state index contributed by atoms with van der Waals surface area (Å²) in [4.78, 5) is 17.2. The van der Waals surface area contributed by atoms with E-state index in [1.165, 1.54) is 6.07 Å². The third kappa shape index (κ3) is 4.52. The fraction of sp³-hybridized carbons (Fsp3) is 0.120. The van der Waals surface area contributed by atoms with Crippen LogP contribution in [0.3, 0.4) is 0 Å². The molecule has 156 valence electrons. The van der Waals surface area contributed by atoms with E-state index in [1.54, 1.807) is 47.2 Å². The van der Waals surface area contributed by atoms with Gasteiger partial charge >= 0.3 is 0 Å². The summed E-state index contributed by atoms with van der Waals surface area (Å²) in [6, 6.07) is 21.3. The number of hydrogen-bond acceptors (Lipinski definition) is 2. The Balaban J connectivity index is 1.68. The molecule has 4 rings (SSSR count). The molecule has 0 saturated heterocycles. The second-order valence-corrected chi connectivity index (χ2v) is 7.59. The Morgan fingerprint density at radius 1 is 1.06 bits per heavy atom. The van der Waals surface area contributed by atoms with E-state index in [-0.39, 0.29) is 11.7 Å². The van der Waals surface area contributed by atoms with Gasteiger partial charge in [0, 0.05) is 35.6 Å². The number of rotatable bonds is 6. The molecule has 2 heterocycles. The van der Waals surface area contributed by atoms with E-state index in [4.69, 9.17) is 11.6 Å². The molecular formula is C25H21ClFN3O. The van der Waals surface area contributed by atoms with Crippen LogP contribution in [0.25, 0.3) is 16.9 Å². The lowest BCUT2D eigenvalue weighted by Gasteiger charge is -2.13. The zero-order valence-electron chi connectivity index (χ0n) is 17.0. The molecule has 2 aromatic heterocycles. The van der Waals surface area contributed by atoms with Crippen molar-refractivity contribution in [2.45, 2.75) is 13.3 Å². The SMILES string of the molecule is Cc1c(C(=O)NCCc2ccccn2)cc(-c2ccc(Cl)cc2)n1-c1ccccc1F. The first-order valence-corrected chi connectivity index (χ1v) is 10.3.